The highest BCUT2D eigenvalue weighted by Crippen LogP contribution is 2.53. The fraction of sp³-hybridized carbons (Fsp3) is 0.500. The molecule has 2 rings (SSSR count). The first-order valence-corrected chi connectivity index (χ1v) is 15.5. The molecule has 0 fully saturated rings. The molecule has 2 heterocycles. The molecule has 2 N–H and O–H groups in total. The van der Waals surface area contributed by atoms with Gasteiger partial charge in [-0.1, -0.05) is 0 Å². The number of amides is 4. The smallest absolute Gasteiger partial charge is 0.338 e. The summed E-state index contributed by atoms with van der Waals surface area (Å²) in [5.41, 5.74) is -1.64. The molecule has 262 valence electrons. The number of anilines is 2. The second-order valence-corrected chi connectivity index (χ2v) is 11.9. The van der Waals surface area contributed by atoms with Crippen molar-refractivity contribution in [1.29, 1.82) is 10.5 Å². The molecule has 0 radical (unpaired) electrons. The lowest BCUT2D eigenvalue weighted by Gasteiger charge is -2.35. The van der Waals surface area contributed by atoms with Crippen LogP contribution >= 0.6 is 22.7 Å². The minimum absolute atomic E-state index is 0.150. The van der Waals surface area contributed by atoms with Gasteiger partial charge >= 0.3 is 35.5 Å². The van der Waals surface area contributed by atoms with Crippen LogP contribution in [-0.4, -0.2) is 83.3 Å². The molecule has 0 bridgehead atoms. The number of hydrogen-bond acceptors (Lipinski definition) is 8. The number of carbonyl (C=O) groups is 4. The lowest BCUT2D eigenvalue weighted by atomic mass is 9.97. The Labute approximate surface area is 276 Å². The largest absolute Gasteiger partial charge is 0.393 e. The first kappa shape index (κ1) is 39.9. The van der Waals surface area contributed by atoms with Gasteiger partial charge in [0.15, 0.2) is 0 Å². The predicted molar refractivity (Wildman–Crippen MR) is 159 cm³/mol. The van der Waals surface area contributed by atoms with Gasteiger partial charge in [0.2, 0.25) is 0 Å². The van der Waals surface area contributed by atoms with Gasteiger partial charge in [0.1, 0.15) is 22.1 Å². The summed E-state index contributed by atoms with van der Waals surface area (Å²) in [4.78, 5) is 52.0. The lowest BCUT2D eigenvalue weighted by Crippen LogP contribution is -2.67. The number of hydrogen-bond donors (Lipinski definition) is 2. The van der Waals surface area contributed by atoms with Crippen LogP contribution in [0.15, 0.2) is 0 Å². The van der Waals surface area contributed by atoms with Crippen LogP contribution in [0, 0.1) is 36.5 Å². The van der Waals surface area contributed by atoms with E-state index in [0.29, 0.717) is 0 Å². The van der Waals surface area contributed by atoms with Gasteiger partial charge in [-0.3, -0.25) is 19.2 Å². The molecule has 0 unspecified atom stereocenters. The lowest BCUT2D eigenvalue weighted by molar-refractivity contribution is -0.345. The SMILES string of the molecule is CCN(CC)C(=O)c1sc(NC(=O)C(F)(F)C(F)(F)C(F)(F)C(F)(F)C(=O)Nc2sc(C(=O)N(CC)CC)c(C)c2C#N)c(C#N)c1C. The molecule has 10 nitrogen and oxygen atoms in total. The normalized spacial score (nSPS) is 12.2. The average Bonchev–Trinajstić information content (AvgIpc) is 3.51. The molecule has 0 saturated carbocycles. The molecule has 4 amide bonds. The van der Waals surface area contributed by atoms with Crippen molar-refractivity contribution in [3.05, 3.63) is 32.0 Å². The van der Waals surface area contributed by atoms with E-state index in [1.807, 2.05) is 0 Å². The third-order valence-electron chi connectivity index (χ3n) is 7.21. The average molecular weight is 729 g/mol. The van der Waals surface area contributed by atoms with Crippen LogP contribution in [0.5, 0.6) is 0 Å². The molecule has 0 saturated heterocycles. The van der Waals surface area contributed by atoms with Crippen LogP contribution in [0.4, 0.5) is 45.1 Å². The number of carbonyl (C=O) groups excluding carboxylic acids is 4. The first-order valence-electron chi connectivity index (χ1n) is 13.9. The molecule has 0 aliphatic heterocycles. The van der Waals surface area contributed by atoms with Gasteiger partial charge in [0, 0.05) is 26.2 Å². The summed E-state index contributed by atoms with van der Waals surface area (Å²) in [6.45, 7) is 9.23. The Morgan fingerprint density at radius 2 is 0.896 bits per heavy atom. The van der Waals surface area contributed by atoms with Gasteiger partial charge in [-0.05, 0) is 52.7 Å². The quantitative estimate of drug-likeness (QED) is 0.233. The highest BCUT2D eigenvalue weighted by Gasteiger charge is 2.84. The summed E-state index contributed by atoms with van der Waals surface area (Å²) in [5.74, 6) is -35.8. The van der Waals surface area contributed by atoms with Crippen molar-refractivity contribution in [2.75, 3.05) is 36.8 Å². The number of halogens is 8. The summed E-state index contributed by atoms with van der Waals surface area (Å²) in [5, 5.41) is 19.3. The van der Waals surface area contributed by atoms with Crippen LogP contribution in [0.1, 0.15) is 69.3 Å². The van der Waals surface area contributed by atoms with E-state index in [4.69, 9.17) is 0 Å². The fourth-order valence-corrected chi connectivity index (χ4v) is 6.47. The van der Waals surface area contributed by atoms with E-state index in [1.54, 1.807) is 27.7 Å². The van der Waals surface area contributed by atoms with Crippen molar-refractivity contribution in [2.24, 2.45) is 0 Å². The van der Waals surface area contributed by atoms with Crippen LogP contribution < -0.4 is 10.6 Å². The van der Waals surface area contributed by atoms with E-state index < -0.39 is 68.4 Å². The van der Waals surface area contributed by atoms with Crippen molar-refractivity contribution in [3.63, 3.8) is 0 Å². The van der Waals surface area contributed by atoms with Crippen LogP contribution in [0.25, 0.3) is 0 Å². The Morgan fingerprint density at radius 1 is 0.625 bits per heavy atom. The number of nitriles is 2. The Morgan fingerprint density at radius 3 is 1.12 bits per heavy atom. The minimum Gasteiger partial charge on any atom is -0.338 e. The number of alkyl halides is 8. The first-order chi connectivity index (χ1) is 22.1. The molecule has 48 heavy (non-hydrogen) atoms. The maximum absolute atomic E-state index is 14.8. The van der Waals surface area contributed by atoms with Crippen molar-refractivity contribution >= 4 is 56.3 Å². The molecule has 2 aromatic rings. The fourth-order valence-electron chi connectivity index (χ4n) is 4.23. The van der Waals surface area contributed by atoms with Crippen molar-refractivity contribution in [2.45, 2.75) is 65.2 Å². The number of thiophene rings is 2. The molecular weight excluding hydrogens is 700 g/mol. The highest BCUT2D eigenvalue weighted by molar-refractivity contribution is 7.19. The van der Waals surface area contributed by atoms with Gasteiger partial charge in [-0.15, -0.1) is 22.7 Å². The Balaban J connectivity index is 2.48. The highest BCUT2D eigenvalue weighted by atomic mass is 32.1. The van der Waals surface area contributed by atoms with Gasteiger partial charge < -0.3 is 20.4 Å². The summed E-state index contributed by atoms with van der Waals surface area (Å²) in [7, 11) is 0. The maximum Gasteiger partial charge on any atom is 0.393 e. The van der Waals surface area contributed by atoms with Gasteiger partial charge in [-0.25, -0.2) is 0 Å². The van der Waals surface area contributed by atoms with Crippen molar-refractivity contribution in [1.82, 2.24) is 9.80 Å². The second kappa shape index (κ2) is 14.4. The van der Waals surface area contributed by atoms with E-state index in [0.717, 1.165) is 24.5 Å². The topological polar surface area (TPSA) is 146 Å². The molecule has 20 heteroatoms. The van der Waals surface area contributed by atoms with Crippen molar-refractivity contribution in [3.8, 4) is 12.1 Å². The summed E-state index contributed by atoms with van der Waals surface area (Å²) < 4.78 is 118. The number of nitrogens with zero attached hydrogens (tertiary/aromatic N) is 4. The molecule has 0 aromatic carbocycles. The van der Waals surface area contributed by atoms with Crippen LogP contribution in [0.3, 0.4) is 0 Å². The Kier molecular flexibility index (Phi) is 12.0. The zero-order chi connectivity index (χ0) is 37.2. The monoisotopic (exact) mass is 728 g/mol. The van der Waals surface area contributed by atoms with E-state index in [-0.39, 0.29) is 69.7 Å². The molecule has 0 aliphatic rings. The summed E-state index contributed by atoms with van der Waals surface area (Å²) in [6.07, 6.45) is 0. The number of rotatable bonds is 13. The Bertz CT molecular complexity index is 1560. The maximum atomic E-state index is 14.8. The molecule has 0 aliphatic carbocycles. The third kappa shape index (κ3) is 6.55. The van der Waals surface area contributed by atoms with Gasteiger partial charge in [0.25, 0.3) is 11.8 Å². The van der Waals surface area contributed by atoms with E-state index in [1.165, 1.54) is 21.9 Å². The third-order valence-corrected chi connectivity index (χ3v) is 9.60. The van der Waals surface area contributed by atoms with Crippen molar-refractivity contribution < 1.29 is 54.3 Å². The zero-order valence-corrected chi connectivity index (χ0v) is 27.7. The van der Waals surface area contributed by atoms with Gasteiger partial charge in [0.05, 0.1) is 20.9 Å². The molecule has 0 spiro atoms. The number of nitrogens with one attached hydrogen (secondary N) is 2. The molecular formula is C28H28F8N6O4S2. The van der Waals surface area contributed by atoms with E-state index in [9.17, 15) is 64.8 Å². The summed E-state index contributed by atoms with van der Waals surface area (Å²) in [6, 6.07) is 2.93. The summed E-state index contributed by atoms with van der Waals surface area (Å²) >= 11 is 0.379. The van der Waals surface area contributed by atoms with Crippen LogP contribution in [0.2, 0.25) is 0 Å². The van der Waals surface area contributed by atoms with E-state index in [2.05, 4.69) is 0 Å². The van der Waals surface area contributed by atoms with Crippen LogP contribution in [-0.2, 0) is 9.59 Å². The van der Waals surface area contributed by atoms with E-state index >= 15 is 0 Å². The molecule has 0 atom stereocenters. The standard InChI is InChI=1S/C28H28F8N6O4S2/c1-7-41(8-2)21(43)17-13(5)15(11-37)19(47-17)39-23(45)25(29,30)27(33,34)28(35,36)26(31,32)24(46)40-20-16(12-38)14(6)18(48-20)22(44)42(9-3)10-4/h7-10H2,1-6H3,(H,39,45)(H,40,46). The Hall–Kier alpha value is -4.30. The predicted octanol–water partition coefficient (Wildman–Crippen LogP) is 6.25. The van der Waals surface area contributed by atoms with Gasteiger partial charge in [-0.2, -0.15) is 45.6 Å². The molecule has 2 aromatic heterocycles. The second-order valence-electron chi connectivity index (χ2n) is 9.90. The minimum atomic E-state index is -7.25. The zero-order valence-electron chi connectivity index (χ0n) is 26.1.